The van der Waals surface area contributed by atoms with Gasteiger partial charge in [0.15, 0.2) is 5.82 Å². The van der Waals surface area contributed by atoms with Gasteiger partial charge < -0.3 is 29.9 Å². The van der Waals surface area contributed by atoms with Crippen LogP contribution in [0.5, 0.6) is 5.75 Å². The number of benzene rings is 2. The van der Waals surface area contributed by atoms with Crippen molar-refractivity contribution in [1.29, 1.82) is 5.26 Å². The second kappa shape index (κ2) is 15.7. The Bertz CT molecular complexity index is 2170. The van der Waals surface area contributed by atoms with Gasteiger partial charge in [0.1, 0.15) is 35.8 Å². The molecular weight excluding hydrogens is 743 g/mol. The summed E-state index contributed by atoms with van der Waals surface area (Å²) in [6.07, 6.45) is 1.82. The van der Waals surface area contributed by atoms with Gasteiger partial charge in [-0.2, -0.15) is 15.4 Å². The number of carboxylic acids is 2. The van der Waals surface area contributed by atoms with Gasteiger partial charge in [-0.05, 0) is 83.2 Å². The van der Waals surface area contributed by atoms with E-state index < -0.39 is 72.7 Å². The number of nitrogens with one attached hydrogen (secondary N) is 1. The number of carboxylic acid groups (broad SMARTS) is 2. The third-order valence-electron chi connectivity index (χ3n) is 10.9. The first-order chi connectivity index (χ1) is 26.5. The summed E-state index contributed by atoms with van der Waals surface area (Å²) in [5.41, 5.74) is 1.44. The first-order valence-corrected chi connectivity index (χ1v) is 19.7. The number of aromatic nitrogens is 3. The quantitative estimate of drug-likeness (QED) is 0.0823. The van der Waals surface area contributed by atoms with Crippen LogP contribution in [0, 0.1) is 34.0 Å². The van der Waals surface area contributed by atoms with Crippen LogP contribution in [0.2, 0.25) is 0 Å². The standard InChI is InChI=1S/C39H45N6O10P/c1-37(2,35(47)48)31-29(54-39(22-40,32(31)38(3,4)36(49)50)30-19-18-28-33(41)42-23-43-45(28)30)21-52-56(51,55-26-14-9-6-10-15-26)44-27(20-24-12-7-5-8-13-24)34(46)53-25-16-11-17-25/h5-10,12-15,18-19,23,25,27,29,31-32H,11,16-17,20-21H2,1-4H3,(H,44,51)(H,47,48)(H,49,50)(H2,41,42,43)/t27-,29-,31+,32+,39-,56?/m0/s1. The summed E-state index contributed by atoms with van der Waals surface area (Å²) in [6, 6.07) is 21.1. The summed E-state index contributed by atoms with van der Waals surface area (Å²) in [5.74, 6) is -5.81. The molecule has 2 fully saturated rings. The lowest BCUT2D eigenvalue weighted by Crippen LogP contribution is -2.52. The van der Waals surface area contributed by atoms with Gasteiger partial charge in [0.05, 0.1) is 29.2 Å². The molecule has 2 aromatic carbocycles. The van der Waals surface area contributed by atoms with Gasteiger partial charge in [0, 0.05) is 11.8 Å². The molecule has 4 aromatic rings. The third-order valence-corrected chi connectivity index (χ3v) is 12.4. The number of aliphatic carboxylic acids is 2. The lowest BCUT2D eigenvalue weighted by Gasteiger charge is -2.42. The van der Waals surface area contributed by atoms with Crippen LogP contribution in [0.3, 0.4) is 0 Å². The number of nitrogen functional groups attached to an aromatic ring is 1. The Morgan fingerprint density at radius 2 is 1.68 bits per heavy atom. The molecule has 1 saturated heterocycles. The minimum atomic E-state index is -4.63. The van der Waals surface area contributed by atoms with Crippen molar-refractivity contribution in [1.82, 2.24) is 19.7 Å². The molecular formula is C39H45N6O10P. The largest absolute Gasteiger partial charge is 0.481 e. The van der Waals surface area contributed by atoms with Crippen molar-refractivity contribution in [2.45, 2.75) is 77.2 Å². The second-order valence-electron chi connectivity index (χ2n) is 15.3. The maximum absolute atomic E-state index is 15.0. The van der Waals surface area contributed by atoms with Gasteiger partial charge in [-0.25, -0.2) is 14.1 Å². The molecule has 2 aromatic heterocycles. The Labute approximate surface area is 323 Å². The van der Waals surface area contributed by atoms with Crippen molar-refractivity contribution < 1.29 is 47.7 Å². The zero-order valence-corrected chi connectivity index (χ0v) is 32.3. The number of nitriles is 1. The van der Waals surface area contributed by atoms with E-state index in [4.69, 9.17) is 24.3 Å². The number of esters is 1. The van der Waals surface area contributed by atoms with Crippen molar-refractivity contribution in [2.75, 3.05) is 12.3 Å². The van der Waals surface area contributed by atoms with Crippen molar-refractivity contribution >= 4 is 37.0 Å². The van der Waals surface area contributed by atoms with Crippen molar-refractivity contribution in [2.24, 2.45) is 22.7 Å². The Morgan fingerprint density at radius 3 is 2.27 bits per heavy atom. The lowest BCUT2D eigenvalue weighted by atomic mass is 9.57. The highest BCUT2D eigenvalue weighted by atomic mass is 31.2. The topological polar surface area (TPSA) is 238 Å². The van der Waals surface area contributed by atoms with E-state index in [9.17, 15) is 29.9 Å². The van der Waals surface area contributed by atoms with Crippen LogP contribution in [-0.4, -0.2) is 67.6 Å². The Balaban J connectivity index is 1.44. The van der Waals surface area contributed by atoms with Gasteiger partial charge in [0.25, 0.3) is 0 Å². The Kier molecular flexibility index (Phi) is 11.3. The first kappa shape index (κ1) is 40.3. The number of carbonyl (C=O) groups excluding carboxylic acids is 1. The zero-order valence-electron chi connectivity index (χ0n) is 31.4. The van der Waals surface area contributed by atoms with Crippen molar-refractivity contribution in [3.8, 4) is 11.8 Å². The van der Waals surface area contributed by atoms with E-state index in [1.54, 1.807) is 48.5 Å². The molecule has 1 aliphatic carbocycles. The van der Waals surface area contributed by atoms with Crippen LogP contribution < -0.4 is 15.3 Å². The van der Waals surface area contributed by atoms with Gasteiger partial charge in [-0.3, -0.25) is 18.9 Å². The zero-order chi connectivity index (χ0) is 40.5. The Morgan fingerprint density at radius 1 is 1.04 bits per heavy atom. The highest BCUT2D eigenvalue weighted by Crippen LogP contribution is 2.60. The normalized spacial score (nSPS) is 23.0. The molecule has 296 valence electrons. The highest BCUT2D eigenvalue weighted by molar-refractivity contribution is 7.52. The fraction of sp³-hybridized carbons (Fsp3) is 0.436. The average Bonchev–Trinajstić information content (AvgIpc) is 3.74. The van der Waals surface area contributed by atoms with Crippen molar-refractivity contribution in [3.05, 3.63) is 90.4 Å². The van der Waals surface area contributed by atoms with Crippen LogP contribution in [0.25, 0.3) is 5.52 Å². The number of anilines is 1. The van der Waals surface area contributed by atoms with Crippen LogP contribution in [0.15, 0.2) is 79.1 Å². The summed E-state index contributed by atoms with van der Waals surface area (Å²) in [4.78, 5) is 43.9. The molecule has 1 unspecified atom stereocenters. The second-order valence-corrected chi connectivity index (χ2v) is 17.0. The molecule has 6 atom stereocenters. The predicted octanol–water partition coefficient (Wildman–Crippen LogP) is 5.38. The maximum atomic E-state index is 15.0. The van der Waals surface area contributed by atoms with E-state index in [2.05, 4.69) is 21.2 Å². The maximum Gasteiger partial charge on any atom is 0.459 e. The molecule has 0 spiro atoms. The van der Waals surface area contributed by atoms with Crippen LogP contribution in [0.4, 0.5) is 5.82 Å². The molecule has 0 radical (unpaired) electrons. The molecule has 1 saturated carbocycles. The van der Waals surface area contributed by atoms with Gasteiger partial charge >= 0.3 is 25.7 Å². The molecule has 17 heteroatoms. The third kappa shape index (κ3) is 7.72. The molecule has 16 nitrogen and oxygen atoms in total. The van der Waals surface area contributed by atoms with Crippen LogP contribution in [0.1, 0.15) is 58.2 Å². The number of ether oxygens (including phenoxy) is 2. The number of nitrogens with zero attached hydrogens (tertiary/aromatic N) is 4. The number of para-hydroxylation sites is 1. The van der Waals surface area contributed by atoms with E-state index in [0.717, 1.165) is 18.3 Å². The van der Waals surface area contributed by atoms with Crippen LogP contribution >= 0.6 is 7.75 Å². The lowest BCUT2D eigenvalue weighted by molar-refractivity contribution is -0.161. The smallest absolute Gasteiger partial charge is 0.459 e. The highest BCUT2D eigenvalue weighted by Gasteiger charge is 2.68. The fourth-order valence-electron chi connectivity index (χ4n) is 7.55. The van der Waals surface area contributed by atoms with Gasteiger partial charge in [-0.15, -0.1) is 0 Å². The van der Waals surface area contributed by atoms with E-state index >= 15 is 4.57 Å². The number of nitrogens with two attached hydrogens (primary N) is 1. The summed E-state index contributed by atoms with van der Waals surface area (Å²) >= 11 is 0. The minimum Gasteiger partial charge on any atom is -0.481 e. The molecule has 1 aliphatic heterocycles. The monoisotopic (exact) mass is 788 g/mol. The minimum absolute atomic E-state index is 0.0468. The fourth-order valence-corrected chi connectivity index (χ4v) is 9.05. The number of hydrogen-bond acceptors (Lipinski definition) is 12. The van der Waals surface area contributed by atoms with Crippen molar-refractivity contribution in [3.63, 3.8) is 0 Å². The number of hydrogen-bond donors (Lipinski definition) is 4. The van der Waals surface area contributed by atoms with E-state index in [1.807, 2.05) is 6.07 Å². The summed E-state index contributed by atoms with van der Waals surface area (Å²) in [6.45, 7) is 4.89. The van der Waals surface area contributed by atoms with E-state index in [1.165, 1.54) is 50.4 Å². The van der Waals surface area contributed by atoms with E-state index in [-0.39, 0.29) is 29.8 Å². The Hall–Kier alpha value is -5.33. The SMILES string of the molecule is CC(C)(C(=O)O)[C@@H]1[C@H](COP(=O)(N[C@@H](Cc2ccccc2)C(=O)OC2CCC2)Oc2ccccc2)O[C@@](C#N)(c2ccc3c(N)ncnn23)[C@H]1C(C)(C)C(=O)O. The van der Waals surface area contributed by atoms with E-state index in [0.29, 0.717) is 18.4 Å². The summed E-state index contributed by atoms with van der Waals surface area (Å²) in [7, 11) is -4.63. The van der Waals surface area contributed by atoms with Gasteiger partial charge in [-0.1, -0.05) is 48.5 Å². The molecule has 56 heavy (non-hydrogen) atoms. The summed E-state index contributed by atoms with van der Waals surface area (Å²) in [5, 5.41) is 39.5. The molecule has 2 aliphatic rings. The molecule has 0 bridgehead atoms. The molecule has 5 N–H and O–H groups in total. The predicted molar refractivity (Wildman–Crippen MR) is 201 cm³/mol. The molecule has 6 rings (SSSR count). The van der Waals surface area contributed by atoms with Crippen LogP contribution in [-0.2, 0) is 45.0 Å². The summed E-state index contributed by atoms with van der Waals surface area (Å²) < 4.78 is 40.9. The molecule has 0 amide bonds. The molecule has 3 heterocycles. The average molecular weight is 789 g/mol. The number of fused-ring (bicyclic) bond motifs is 1. The number of carbonyl (C=O) groups is 3. The van der Waals surface area contributed by atoms with Gasteiger partial charge in [0.2, 0.25) is 5.60 Å². The number of rotatable bonds is 16. The first-order valence-electron chi connectivity index (χ1n) is 18.2.